The second kappa shape index (κ2) is 6.45. The number of carbonyl (C=O) groups excluding carboxylic acids is 1. The fourth-order valence-electron chi connectivity index (χ4n) is 1.32. The Balaban J connectivity index is 2.39. The van der Waals surface area contributed by atoms with E-state index in [1.54, 1.807) is 6.07 Å². The highest BCUT2D eigenvalue weighted by Gasteiger charge is 2.00. The number of carbonyl (C=O) groups is 1. The Morgan fingerprint density at radius 3 is 2.82 bits per heavy atom. The van der Waals surface area contributed by atoms with Crippen LogP contribution in [0.4, 0.5) is 9.18 Å². The second-order valence-electron chi connectivity index (χ2n) is 3.43. The van der Waals surface area contributed by atoms with Crippen LogP contribution in [0.25, 0.3) is 0 Å². The summed E-state index contributed by atoms with van der Waals surface area (Å²) in [6.45, 7) is 1.34. The van der Waals surface area contributed by atoms with Crippen molar-refractivity contribution in [1.29, 1.82) is 5.26 Å². The van der Waals surface area contributed by atoms with Crippen molar-refractivity contribution in [3.05, 3.63) is 35.1 Å². The molecule has 0 heterocycles. The first-order valence-corrected chi connectivity index (χ1v) is 5.05. The topological polar surface area (TPSA) is 90.9 Å². The average molecular weight is 236 g/mol. The molecule has 17 heavy (non-hydrogen) atoms. The highest BCUT2D eigenvalue weighted by atomic mass is 19.1. The average Bonchev–Trinajstić information content (AvgIpc) is 2.27. The third kappa shape index (κ3) is 4.95. The Bertz CT molecular complexity index is 442. The quantitative estimate of drug-likeness (QED) is 0.648. The molecule has 90 valence electrons. The van der Waals surface area contributed by atoms with E-state index in [2.05, 4.69) is 10.6 Å². The highest BCUT2D eigenvalue weighted by molar-refractivity contribution is 5.71. The van der Waals surface area contributed by atoms with Crippen LogP contribution in [-0.4, -0.2) is 19.1 Å². The zero-order chi connectivity index (χ0) is 12.7. The molecule has 0 spiro atoms. The number of nitrogens with two attached hydrogens (primary N) is 1. The largest absolute Gasteiger partial charge is 0.352 e. The monoisotopic (exact) mass is 236 g/mol. The molecular formula is C11H13FN4O. The third-order valence-electron chi connectivity index (χ3n) is 2.02. The maximum absolute atomic E-state index is 13.0. The zero-order valence-corrected chi connectivity index (χ0v) is 9.16. The van der Waals surface area contributed by atoms with Gasteiger partial charge in [-0.05, 0) is 23.8 Å². The van der Waals surface area contributed by atoms with Crippen LogP contribution in [0.3, 0.4) is 0 Å². The van der Waals surface area contributed by atoms with Crippen LogP contribution in [-0.2, 0) is 6.54 Å². The van der Waals surface area contributed by atoms with Gasteiger partial charge in [-0.15, -0.1) is 0 Å². The van der Waals surface area contributed by atoms with Gasteiger partial charge in [0.15, 0.2) is 0 Å². The SMILES string of the molecule is N#Cc1cc(F)cc(CNCCNC(N)=O)c1. The molecule has 0 atom stereocenters. The number of hydrogen-bond donors (Lipinski definition) is 3. The van der Waals surface area contributed by atoms with Gasteiger partial charge in [0.05, 0.1) is 11.6 Å². The molecule has 0 saturated heterocycles. The van der Waals surface area contributed by atoms with Crippen molar-refractivity contribution < 1.29 is 9.18 Å². The number of halogens is 1. The van der Waals surface area contributed by atoms with Crippen molar-refractivity contribution in [2.75, 3.05) is 13.1 Å². The lowest BCUT2D eigenvalue weighted by Crippen LogP contribution is -2.35. The summed E-state index contributed by atoms with van der Waals surface area (Å²) < 4.78 is 13.0. The first-order chi connectivity index (χ1) is 8.11. The van der Waals surface area contributed by atoms with Crippen LogP contribution >= 0.6 is 0 Å². The van der Waals surface area contributed by atoms with Crippen LogP contribution in [0.5, 0.6) is 0 Å². The summed E-state index contributed by atoms with van der Waals surface area (Å²) in [7, 11) is 0. The number of nitriles is 1. The van der Waals surface area contributed by atoms with Crippen molar-refractivity contribution in [2.24, 2.45) is 5.73 Å². The predicted molar refractivity (Wildman–Crippen MR) is 60.4 cm³/mol. The van der Waals surface area contributed by atoms with Gasteiger partial charge in [-0.3, -0.25) is 0 Å². The molecule has 0 unspecified atom stereocenters. The number of primary amides is 1. The molecular weight excluding hydrogens is 223 g/mol. The summed E-state index contributed by atoms with van der Waals surface area (Å²) >= 11 is 0. The van der Waals surface area contributed by atoms with Crippen molar-refractivity contribution >= 4 is 6.03 Å². The Kier molecular flexibility index (Phi) is 4.91. The van der Waals surface area contributed by atoms with E-state index in [0.717, 1.165) is 0 Å². The minimum atomic E-state index is -0.579. The van der Waals surface area contributed by atoms with Crippen LogP contribution in [0, 0.1) is 17.1 Å². The van der Waals surface area contributed by atoms with Crippen molar-refractivity contribution in [2.45, 2.75) is 6.54 Å². The van der Waals surface area contributed by atoms with E-state index >= 15 is 0 Å². The molecule has 1 rings (SSSR count). The van der Waals surface area contributed by atoms with E-state index in [1.807, 2.05) is 6.07 Å². The molecule has 5 nitrogen and oxygen atoms in total. The van der Waals surface area contributed by atoms with Crippen LogP contribution in [0.15, 0.2) is 18.2 Å². The molecule has 0 aromatic heterocycles. The summed E-state index contributed by atoms with van der Waals surface area (Å²) in [4.78, 5) is 10.4. The first kappa shape index (κ1) is 12.9. The van der Waals surface area contributed by atoms with E-state index in [-0.39, 0.29) is 5.56 Å². The number of benzene rings is 1. The number of urea groups is 1. The van der Waals surface area contributed by atoms with Gasteiger partial charge >= 0.3 is 6.03 Å². The third-order valence-corrected chi connectivity index (χ3v) is 2.02. The van der Waals surface area contributed by atoms with Crippen LogP contribution < -0.4 is 16.4 Å². The molecule has 1 aromatic rings. The van der Waals surface area contributed by atoms with Gasteiger partial charge in [-0.25, -0.2) is 9.18 Å². The number of nitrogens with zero attached hydrogens (tertiary/aromatic N) is 1. The molecule has 1 aromatic carbocycles. The molecule has 0 bridgehead atoms. The van der Waals surface area contributed by atoms with Crippen LogP contribution in [0.1, 0.15) is 11.1 Å². The van der Waals surface area contributed by atoms with Gasteiger partial charge in [0.1, 0.15) is 5.82 Å². The first-order valence-electron chi connectivity index (χ1n) is 5.05. The smallest absolute Gasteiger partial charge is 0.312 e. The number of rotatable bonds is 5. The number of hydrogen-bond acceptors (Lipinski definition) is 3. The number of amides is 2. The lowest BCUT2D eigenvalue weighted by molar-refractivity contribution is 0.249. The fraction of sp³-hybridized carbons (Fsp3) is 0.273. The van der Waals surface area contributed by atoms with Gasteiger partial charge in [-0.1, -0.05) is 0 Å². The lowest BCUT2D eigenvalue weighted by Gasteiger charge is -2.05. The number of nitrogens with one attached hydrogen (secondary N) is 2. The summed E-state index contributed by atoms with van der Waals surface area (Å²) in [6, 6.07) is 5.45. The summed E-state index contributed by atoms with van der Waals surface area (Å²) in [6.07, 6.45) is 0. The molecule has 0 fully saturated rings. The van der Waals surface area contributed by atoms with Gasteiger partial charge in [0.25, 0.3) is 0 Å². The minimum Gasteiger partial charge on any atom is -0.352 e. The molecule has 2 amide bonds. The molecule has 0 aliphatic heterocycles. The van der Waals surface area contributed by atoms with Gasteiger partial charge < -0.3 is 16.4 Å². The molecule has 0 saturated carbocycles. The second-order valence-corrected chi connectivity index (χ2v) is 3.43. The normalized spacial score (nSPS) is 9.65. The maximum Gasteiger partial charge on any atom is 0.312 e. The van der Waals surface area contributed by atoms with Gasteiger partial charge in [0, 0.05) is 19.6 Å². The summed E-state index contributed by atoms with van der Waals surface area (Å²) in [5.41, 5.74) is 5.85. The van der Waals surface area contributed by atoms with E-state index in [4.69, 9.17) is 11.0 Å². The molecule has 0 radical (unpaired) electrons. The van der Waals surface area contributed by atoms with Gasteiger partial charge in [0.2, 0.25) is 0 Å². The van der Waals surface area contributed by atoms with Crippen LogP contribution in [0.2, 0.25) is 0 Å². The predicted octanol–water partition coefficient (Wildman–Crippen LogP) is 0.455. The standard InChI is InChI=1S/C11H13FN4O/c12-10-4-8(6-13)3-9(5-10)7-15-1-2-16-11(14)17/h3-5,15H,1-2,7H2,(H3,14,16,17). The van der Waals surface area contributed by atoms with Crippen molar-refractivity contribution in [3.8, 4) is 6.07 Å². The lowest BCUT2D eigenvalue weighted by atomic mass is 10.1. The molecule has 6 heteroatoms. The van der Waals surface area contributed by atoms with E-state index in [0.29, 0.717) is 25.2 Å². The summed E-state index contributed by atoms with van der Waals surface area (Å²) in [5.74, 6) is -0.434. The molecule has 4 N–H and O–H groups in total. The highest BCUT2D eigenvalue weighted by Crippen LogP contribution is 2.07. The Morgan fingerprint density at radius 2 is 2.18 bits per heavy atom. The van der Waals surface area contributed by atoms with Crippen molar-refractivity contribution in [3.63, 3.8) is 0 Å². The Morgan fingerprint density at radius 1 is 1.41 bits per heavy atom. The fourth-order valence-corrected chi connectivity index (χ4v) is 1.32. The molecule has 0 aliphatic rings. The van der Waals surface area contributed by atoms with E-state index in [9.17, 15) is 9.18 Å². The van der Waals surface area contributed by atoms with E-state index in [1.165, 1.54) is 12.1 Å². The minimum absolute atomic E-state index is 0.289. The Hall–Kier alpha value is -2.13. The van der Waals surface area contributed by atoms with Crippen molar-refractivity contribution in [1.82, 2.24) is 10.6 Å². The maximum atomic E-state index is 13.0. The summed E-state index contributed by atoms with van der Waals surface area (Å²) in [5, 5.41) is 14.1. The van der Waals surface area contributed by atoms with Gasteiger partial charge in [-0.2, -0.15) is 5.26 Å². The van der Waals surface area contributed by atoms with E-state index < -0.39 is 11.8 Å². The Labute approximate surface area is 98.4 Å². The zero-order valence-electron chi connectivity index (χ0n) is 9.16. The molecule has 0 aliphatic carbocycles.